The van der Waals surface area contributed by atoms with Crippen LogP contribution in [0.2, 0.25) is 0 Å². The third-order valence-corrected chi connectivity index (χ3v) is 4.58. The maximum atomic E-state index is 12.8. The number of hydrogen-bond acceptors (Lipinski definition) is 3. The summed E-state index contributed by atoms with van der Waals surface area (Å²) in [5.74, 6) is -0.291. The van der Waals surface area contributed by atoms with Crippen molar-refractivity contribution in [1.82, 2.24) is 10.2 Å². The van der Waals surface area contributed by atoms with Crippen molar-refractivity contribution < 1.29 is 14.4 Å². The van der Waals surface area contributed by atoms with Crippen LogP contribution in [0.3, 0.4) is 0 Å². The van der Waals surface area contributed by atoms with Crippen molar-refractivity contribution in [1.29, 1.82) is 0 Å². The van der Waals surface area contributed by atoms with Gasteiger partial charge < -0.3 is 15.5 Å². The van der Waals surface area contributed by atoms with Crippen molar-refractivity contribution in [3.8, 4) is 0 Å². The molecule has 1 aliphatic rings. The summed E-state index contributed by atoms with van der Waals surface area (Å²) < 4.78 is 0. The van der Waals surface area contributed by atoms with Crippen molar-refractivity contribution in [3.63, 3.8) is 0 Å². The largest absolute Gasteiger partial charge is 0.354 e. The maximum Gasteiger partial charge on any atom is 0.253 e. The smallest absolute Gasteiger partial charge is 0.253 e. The van der Waals surface area contributed by atoms with Crippen LogP contribution in [0.15, 0.2) is 24.3 Å². The molecule has 0 spiro atoms. The summed E-state index contributed by atoms with van der Waals surface area (Å²) in [5.41, 5.74) is 0.751. The fraction of sp³-hybridized carbons (Fsp3) is 0.571. The van der Waals surface area contributed by atoms with Gasteiger partial charge in [0.25, 0.3) is 5.91 Å². The Hall–Kier alpha value is -2.37. The third-order valence-electron chi connectivity index (χ3n) is 4.58. The third kappa shape index (κ3) is 5.81. The Morgan fingerprint density at radius 1 is 1.11 bits per heavy atom. The van der Waals surface area contributed by atoms with Crippen LogP contribution >= 0.6 is 0 Å². The molecule has 0 aliphatic carbocycles. The molecule has 2 N–H and O–H groups in total. The zero-order valence-electron chi connectivity index (χ0n) is 17.0. The molecule has 1 fully saturated rings. The summed E-state index contributed by atoms with van der Waals surface area (Å²) in [7, 11) is 0. The molecular weight excluding hydrogens is 342 g/mol. The number of benzene rings is 1. The van der Waals surface area contributed by atoms with Crippen LogP contribution in [0.5, 0.6) is 0 Å². The molecule has 2 rings (SSSR count). The fourth-order valence-corrected chi connectivity index (χ4v) is 2.98. The van der Waals surface area contributed by atoms with Crippen molar-refractivity contribution in [2.75, 3.05) is 18.4 Å². The lowest BCUT2D eigenvalue weighted by Crippen LogP contribution is -2.46. The second-order valence-electron chi connectivity index (χ2n) is 8.54. The lowest BCUT2D eigenvalue weighted by molar-refractivity contribution is -0.127. The van der Waals surface area contributed by atoms with Gasteiger partial charge in [-0.15, -0.1) is 0 Å². The number of carbonyl (C=O) groups is 3. The average molecular weight is 373 g/mol. The van der Waals surface area contributed by atoms with Crippen LogP contribution in [0, 0.1) is 11.3 Å². The van der Waals surface area contributed by atoms with E-state index in [2.05, 4.69) is 10.6 Å². The van der Waals surface area contributed by atoms with Gasteiger partial charge in [-0.05, 0) is 51.0 Å². The van der Waals surface area contributed by atoms with Gasteiger partial charge in [-0.3, -0.25) is 14.4 Å². The highest BCUT2D eigenvalue weighted by Crippen LogP contribution is 2.21. The molecule has 1 atom stereocenters. The molecule has 0 bridgehead atoms. The van der Waals surface area contributed by atoms with E-state index in [4.69, 9.17) is 0 Å². The van der Waals surface area contributed by atoms with Gasteiger partial charge in [0.15, 0.2) is 0 Å². The second kappa shape index (κ2) is 8.55. The molecule has 1 aromatic carbocycles. The molecule has 1 aliphatic heterocycles. The lowest BCUT2D eigenvalue weighted by Gasteiger charge is -2.32. The van der Waals surface area contributed by atoms with E-state index in [1.165, 1.54) is 0 Å². The highest BCUT2D eigenvalue weighted by molar-refractivity contribution is 5.97. The van der Waals surface area contributed by atoms with Crippen molar-refractivity contribution in [2.45, 2.75) is 53.5 Å². The standard InChI is InChI=1S/C21H31N3O3/c1-14(2)22-18(25)16-7-6-12-24(13-16)19(26)15-8-10-17(11-9-15)23-20(27)21(3,4)5/h8-11,14,16H,6-7,12-13H2,1-5H3,(H,22,25)(H,23,27). The van der Waals surface area contributed by atoms with E-state index < -0.39 is 5.41 Å². The van der Waals surface area contributed by atoms with Crippen LogP contribution in [-0.4, -0.2) is 41.8 Å². The molecule has 0 saturated carbocycles. The van der Waals surface area contributed by atoms with E-state index in [1.807, 2.05) is 34.6 Å². The minimum absolute atomic E-state index is 0.0164. The first kappa shape index (κ1) is 20.9. The molecule has 1 unspecified atom stereocenters. The normalized spacial score (nSPS) is 17.6. The topological polar surface area (TPSA) is 78.5 Å². The second-order valence-corrected chi connectivity index (χ2v) is 8.54. The van der Waals surface area contributed by atoms with E-state index in [9.17, 15) is 14.4 Å². The SMILES string of the molecule is CC(C)NC(=O)C1CCCN(C(=O)c2ccc(NC(=O)C(C)(C)C)cc2)C1. The molecule has 6 heteroatoms. The molecule has 3 amide bonds. The monoisotopic (exact) mass is 373 g/mol. The number of hydrogen-bond donors (Lipinski definition) is 2. The lowest BCUT2D eigenvalue weighted by atomic mass is 9.95. The molecule has 0 radical (unpaired) electrons. The maximum absolute atomic E-state index is 12.8. The number of likely N-dealkylation sites (tertiary alicyclic amines) is 1. The van der Waals surface area contributed by atoms with Crippen molar-refractivity contribution >= 4 is 23.4 Å². The molecule has 27 heavy (non-hydrogen) atoms. The van der Waals surface area contributed by atoms with Crippen LogP contribution < -0.4 is 10.6 Å². The first-order valence-electron chi connectivity index (χ1n) is 9.59. The van der Waals surface area contributed by atoms with Crippen LogP contribution in [-0.2, 0) is 9.59 Å². The Bertz CT molecular complexity index is 690. The summed E-state index contributed by atoms with van der Waals surface area (Å²) in [4.78, 5) is 38.8. The number of rotatable bonds is 4. The number of nitrogens with one attached hydrogen (secondary N) is 2. The molecule has 0 aromatic heterocycles. The summed E-state index contributed by atoms with van der Waals surface area (Å²) in [6.07, 6.45) is 1.63. The summed E-state index contributed by atoms with van der Waals surface area (Å²) >= 11 is 0. The molecule has 148 valence electrons. The predicted molar refractivity (Wildman–Crippen MR) is 106 cm³/mol. The zero-order valence-corrected chi connectivity index (χ0v) is 17.0. The van der Waals surface area contributed by atoms with E-state index in [1.54, 1.807) is 29.2 Å². The number of anilines is 1. The Morgan fingerprint density at radius 2 is 1.74 bits per heavy atom. The number of nitrogens with zero attached hydrogens (tertiary/aromatic N) is 1. The van der Waals surface area contributed by atoms with E-state index in [0.717, 1.165) is 12.8 Å². The fourth-order valence-electron chi connectivity index (χ4n) is 2.98. The van der Waals surface area contributed by atoms with Gasteiger partial charge >= 0.3 is 0 Å². The Kier molecular flexibility index (Phi) is 6.63. The van der Waals surface area contributed by atoms with Crippen molar-refractivity contribution in [3.05, 3.63) is 29.8 Å². The summed E-state index contributed by atoms with van der Waals surface area (Å²) in [5, 5.41) is 5.78. The van der Waals surface area contributed by atoms with Crippen LogP contribution in [0.25, 0.3) is 0 Å². The summed E-state index contributed by atoms with van der Waals surface area (Å²) in [6, 6.07) is 7.02. The molecule has 1 aromatic rings. The minimum atomic E-state index is -0.478. The van der Waals surface area contributed by atoms with Gasteiger partial charge in [0.1, 0.15) is 0 Å². The molecule has 1 heterocycles. The Labute approximate surface area is 161 Å². The number of carbonyl (C=O) groups excluding carboxylic acids is 3. The quantitative estimate of drug-likeness (QED) is 0.851. The van der Waals surface area contributed by atoms with Crippen LogP contribution in [0.1, 0.15) is 57.8 Å². The Morgan fingerprint density at radius 3 is 2.30 bits per heavy atom. The first-order valence-corrected chi connectivity index (χ1v) is 9.59. The highest BCUT2D eigenvalue weighted by atomic mass is 16.2. The van der Waals surface area contributed by atoms with Gasteiger partial charge in [0, 0.05) is 35.8 Å². The average Bonchev–Trinajstić information content (AvgIpc) is 2.60. The first-order chi connectivity index (χ1) is 12.6. The highest BCUT2D eigenvalue weighted by Gasteiger charge is 2.29. The van der Waals surface area contributed by atoms with Crippen molar-refractivity contribution in [2.24, 2.45) is 11.3 Å². The van der Waals surface area contributed by atoms with Gasteiger partial charge in [-0.2, -0.15) is 0 Å². The van der Waals surface area contributed by atoms with Gasteiger partial charge in [0.2, 0.25) is 11.8 Å². The van der Waals surface area contributed by atoms with Crippen LogP contribution in [0.4, 0.5) is 5.69 Å². The van der Waals surface area contributed by atoms with Gasteiger partial charge in [-0.1, -0.05) is 20.8 Å². The van der Waals surface area contributed by atoms with Gasteiger partial charge in [0.05, 0.1) is 5.92 Å². The predicted octanol–water partition coefficient (Wildman–Crippen LogP) is 3.05. The Balaban J connectivity index is 2.00. The van der Waals surface area contributed by atoms with E-state index >= 15 is 0 Å². The summed E-state index contributed by atoms with van der Waals surface area (Å²) in [6.45, 7) is 10.5. The van der Waals surface area contributed by atoms with E-state index in [0.29, 0.717) is 24.3 Å². The zero-order chi connectivity index (χ0) is 20.2. The number of piperidine rings is 1. The van der Waals surface area contributed by atoms with Gasteiger partial charge in [-0.25, -0.2) is 0 Å². The molecule has 6 nitrogen and oxygen atoms in total. The van der Waals surface area contributed by atoms with E-state index in [-0.39, 0.29) is 29.7 Å². The molecule has 1 saturated heterocycles. The minimum Gasteiger partial charge on any atom is -0.354 e. The number of amides is 3. The molecular formula is C21H31N3O3.